The van der Waals surface area contributed by atoms with Crippen LogP contribution in [0.1, 0.15) is 45.2 Å². The van der Waals surface area contributed by atoms with Crippen LogP contribution in [-0.4, -0.2) is 21.5 Å². The molecule has 8 heteroatoms. The van der Waals surface area contributed by atoms with Crippen LogP contribution in [-0.2, 0) is 0 Å². The summed E-state index contributed by atoms with van der Waals surface area (Å²) in [7, 11) is 0. The van der Waals surface area contributed by atoms with Crippen molar-refractivity contribution in [2.45, 2.75) is 46.5 Å². The number of benzene rings is 1. The zero-order valence-electron chi connectivity index (χ0n) is 21.1. The Morgan fingerprint density at radius 2 is 1.69 bits per heavy atom. The van der Waals surface area contributed by atoms with Gasteiger partial charge in [-0.15, -0.1) is 5.10 Å². The van der Waals surface area contributed by atoms with Gasteiger partial charge in [0.05, 0.1) is 16.5 Å². The predicted octanol–water partition coefficient (Wildman–Crippen LogP) is 5.27. The molecule has 0 aliphatic rings. The van der Waals surface area contributed by atoms with Crippen LogP contribution in [0.15, 0.2) is 61.2 Å². The Bertz CT molecular complexity index is 1100. The van der Waals surface area contributed by atoms with E-state index in [9.17, 15) is 0 Å². The number of hydrogen-bond donors (Lipinski definition) is 4. The van der Waals surface area contributed by atoms with E-state index >= 15 is 0 Å². The van der Waals surface area contributed by atoms with Crippen LogP contribution >= 0.6 is 0 Å². The lowest BCUT2D eigenvalue weighted by atomic mass is 10.0. The third-order valence-electron chi connectivity index (χ3n) is 5.58. The van der Waals surface area contributed by atoms with Crippen LogP contribution in [0.5, 0.6) is 5.75 Å². The molecule has 8 nitrogen and oxygen atoms in total. The lowest BCUT2D eigenvalue weighted by Gasteiger charge is -2.10. The fourth-order valence-corrected chi connectivity index (χ4v) is 3.74. The maximum absolute atomic E-state index is 6.25. The molecule has 0 saturated heterocycles. The highest BCUT2D eigenvalue weighted by molar-refractivity contribution is 6.08. The number of aromatic nitrogens is 3. The Hall–Kier alpha value is -3.78. The molecule has 0 radical (unpaired) electrons. The number of allylic oxidation sites excluding steroid dienone is 5. The van der Waals surface area contributed by atoms with E-state index in [4.69, 9.17) is 27.7 Å². The molecule has 3 aromatic rings. The summed E-state index contributed by atoms with van der Waals surface area (Å²) in [5.74, 6) is 2.53. The number of nitrogens with zero attached hydrogens (tertiary/aromatic N) is 3. The summed E-state index contributed by atoms with van der Waals surface area (Å²) < 4.78 is 6.93. The van der Waals surface area contributed by atoms with Crippen molar-refractivity contribution in [1.29, 1.82) is 0 Å². The Morgan fingerprint density at radius 1 is 1.00 bits per heavy atom. The van der Waals surface area contributed by atoms with Gasteiger partial charge in [0, 0.05) is 5.69 Å². The normalized spacial score (nSPS) is 12.1. The number of hydrogen-bond acceptors (Lipinski definition) is 7. The van der Waals surface area contributed by atoms with E-state index in [1.54, 1.807) is 22.8 Å². The summed E-state index contributed by atoms with van der Waals surface area (Å²) in [6.45, 7) is 10.1. The number of unbranched alkanes of at least 4 members (excludes halogenated alkanes) is 2. The summed E-state index contributed by atoms with van der Waals surface area (Å²) >= 11 is 0. The zero-order chi connectivity index (χ0) is 25.8. The molecule has 0 aliphatic heterocycles. The molecule has 1 aromatic carbocycles. The Morgan fingerprint density at radius 3 is 2.29 bits per heavy atom. The highest BCUT2D eigenvalue weighted by atomic mass is 16.5. The minimum absolute atomic E-state index is 0.115. The maximum Gasteiger partial charge on any atom is 0.157 e. The van der Waals surface area contributed by atoms with Gasteiger partial charge in [-0.2, -0.15) is 5.10 Å². The molecule has 2 heterocycles. The molecule has 0 aliphatic carbocycles. The number of rotatable bonds is 10. The number of anilines is 3. The molecule has 188 valence electrons. The zero-order valence-corrected chi connectivity index (χ0v) is 21.1. The van der Waals surface area contributed by atoms with Crippen LogP contribution < -0.4 is 27.7 Å². The lowest BCUT2D eigenvalue weighted by Crippen LogP contribution is -2.07. The van der Waals surface area contributed by atoms with Gasteiger partial charge in [0.1, 0.15) is 24.1 Å². The molecule has 3 rings (SSSR count). The van der Waals surface area contributed by atoms with E-state index in [2.05, 4.69) is 42.8 Å². The van der Waals surface area contributed by atoms with Crippen molar-refractivity contribution in [3.8, 4) is 11.4 Å². The molecule has 1 atom stereocenters. The first-order valence-electron chi connectivity index (χ1n) is 11.9. The quantitative estimate of drug-likeness (QED) is 0.177. The van der Waals surface area contributed by atoms with Gasteiger partial charge in [-0.1, -0.05) is 70.1 Å². The van der Waals surface area contributed by atoms with Gasteiger partial charge in [-0.05, 0) is 43.5 Å². The van der Waals surface area contributed by atoms with Crippen molar-refractivity contribution in [3.63, 3.8) is 0 Å². The standard InChI is InChI=1S/C14H17N7O.C13H22/c1-7-10-11(12(16)20-19-7)14(18)21(13(10)17)8-2-4-9(5-3-8)22-6-15;1-4-6-8-10-12-13(3)11-9-7-5-2/h2-5H,6,15,17-18H2,1H3,(H2,16,20);4,6,8,10,12-13H,1,5,7,9,11H2,2-3H3/b;8-6-,12-10-. The van der Waals surface area contributed by atoms with Gasteiger partial charge in [0.2, 0.25) is 0 Å². The molecule has 0 spiro atoms. The van der Waals surface area contributed by atoms with Crippen LogP contribution in [0.4, 0.5) is 17.5 Å². The van der Waals surface area contributed by atoms with Gasteiger partial charge in [0.25, 0.3) is 0 Å². The van der Waals surface area contributed by atoms with Crippen LogP contribution in [0, 0.1) is 12.8 Å². The van der Waals surface area contributed by atoms with E-state index < -0.39 is 0 Å². The van der Waals surface area contributed by atoms with Gasteiger partial charge in [-0.3, -0.25) is 10.3 Å². The van der Waals surface area contributed by atoms with E-state index in [0.717, 1.165) is 5.69 Å². The molecule has 2 aromatic heterocycles. The minimum atomic E-state index is 0.115. The highest BCUT2D eigenvalue weighted by Gasteiger charge is 2.19. The van der Waals surface area contributed by atoms with Gasteiger partial charge in [-0.25, -0.2) is 0 Å². The second-order valence-electron chi connectivity index (χ2n) is 8.31. The molecule has 1 unspecified atom stereocenters. The maximum atomic E-state index is 6.25. The SMILES string of the molecule is C=C/C=C\C=C/C(C)CCCCC.Cc1nnc(N)c2c(N)n(-c3ccc(OCN)cc3)c(N)c12. The molecule has 0 bridgehead atoms. The van der Waals surface area contributed by atoms with Gasteiger partial charge < -0.3 is 21.9 Å². The largest absolute Gasteiger partial charge is 0.479 e. The fourth-order valence-electron chi connectivity index (χ4n) is 3.74. The van der Waals surface area contributed by atoms with Crippen LogP contribution in [0.3, 0.4) is 0 Å². The first kappa shape index (κ1) is 27.5. The molecular formula is C27H39N7O. The van der Waals surface area contributed by atoms with Crippen molar-refractivity contribution >= 4 is 28.2 Å². The minimum Gasteiger partial charge on any atom is -0.479 e. The first-order chi connectivity index (χ1) is 16.8. The number of nitrogens with two attached hydrogens (primary N) is 4. The van der Waals surface area contributed by atoms with Crippen molar-refractivity contribution in [2.75, 3.05) is 23.9 Å². The third-order valence-corrected chi connectivity index (χ3v) is 5.58. The third kappa shape index (κ3) is 7.35. The fraction of sp³-hybridized carbons (Fsp3) is 0.333. The molecule has 35 heavy (non-hydrogen) atoms. The summed E-state index contributed by atoms with van der Waals surface area (Å²) in [4.78, 5) is 0. The highest BCUT2D eigenvalue weighted by Crippen LogP contribution is 2.37. The average molecular weight is 478 g/mol. The lowest BCUT2D eigenvalue weighted by molar-refractivity contribution is 0.329. The second-order valence-corrected chi connectivity index (χ2v) is 8.31. The van der Waals surface area contributed by atoms with Gasteiger partial charge in [0.15, 0.2) is 5.82 Å². The summed E-state index contributed by atoms with van der Waals surface area (Å²) in [5, 5.41) is 9.23. The van der Waals surface area contributed by atoms with Crippen molar-refractivity contribution < 1.29 is 4.74 Å². The number of fused-ring (bicyclic) bond motifs is 1. The monoisotopic (exact) mass is 477 g/mol. The number of ether oxygens (including phenoxy) is 1. The van der Waals surface area contributed by atoms with E-state index in [1.807, 2.05) is 31.2 Å². The average Bonchev–Trinajstić information content (AvgIpc) is 3.12. The molecule has 0 saturated carbocycles. The smallest absolute Gasteiger partial charge is 0.157 e. The predicted molar refractivity (Wildman–Crippen MR) is 148 cm³/mol. The molecule has 0 amide bonds. The topological polar surface area (TPSA) is 144 Å². The Kier molecular flexibility index (Phi) is 10.8. The second kappa shape index (κ2) is 13.8. The van der Waals surface area contributed by atoms with Crippen molar-refractivity contribution in [2.24, 2.45) is 11.7 Å². The molecule has 8 N–H and O–H groups in total. The number of aryl methyl sites for hydroxylation is 1. The Balaban J connectivity index is 0.000000287. The van der Waals surface area contributed by atoms with E-state index in [-0.39, 0.29) is 12.5 Å². The summed E-state index contributed by atoms with van der Waals surface area (Å²) in [6.07, 6.45) is 15.5. The van der Waals surface area contributed by atoms with Crippen LogP contribution in [0.2, 0.25) is 0 Å². The van der Waals surface area contributed by atoms with Crippen LogP contribution in [0.25, 0.3) is 16.5 Å². The number of nitrogen functional groups attached to an aromatic ring is 3. The first-order valence-corrected chi connectivity index (χ1v) is 11.9. The van der Waals surface area contributed by atoms with Crippen molar-refractivity contribution in [3.05, 3.63) is 66.9 Å². The molecule has 0 fully saturated rings. The summed E-state index contributed by atoms with van der Waals surface area (Å²) in [6, 6.07) is 7.25. The molecular weight excluding hydrogens is 438 g/mol. The van der Waals surface area contributed by atoms with Gasteiger partial charge >= 0.3 is 0 Å². The van der Waals surface area contributed by atoms with E-state index in [1.165, 1.54) is 25.7 Å². The van der Waals surface area contributed by atoms with E-state index in [0.29, 0.717) is 39.8 Å². The Labute approximate surface area is 208 Å². The van der Waals surface area contributed by atoms with Crippen molar-refractivity contribution in [1.82, 2.24) is 14.8 Å². The summed E-state index contributed by atoms with van der Waals surface area (Å²) in [5.41, 5.74) is 25.2.